The minimum absolute atomic E-state index is 0.0313. The van der Waals surface area contributed by atoms with Gasteiger partial charge in [-0.3, -0.25) is 15.3 Å². The number of aliphatic hydroxyl groups is 1. The largest absolute Gasteiger partial charge is 0.508 e. The molecule has 0 heterocycles. The number of fused-ring (bicyclic) bond motifs is 1. The second-order valence-corrected chi connectivity index (χ2v) is 6.63. The number of benzene rings is 2. The lowest BCUT2D eigenvalue weighted by atomic mass is 9.75. The van der Waals surface area contributed by atoms with Gasteiger partial charge < -0.3 is 9.84 Å². The van der Waals surface area contributed by atoms with Crippen LogP contribution in [0.3, 0.4) is 0 Å². The van der Waals surface area contributed by atoms with Crippen LogP contribution in [-0.4, -0.2) is 22.4 Å². The molecule has 0 aromatic heterocycles. The van der Waals surface area contributed by atoms with Crippen LogP contribution in [0.2, 0.25) is 5.02 Å². The lowest BCUT2D eigenvalue weighted by molar-refractivity contribution is 0.0795. The van der Waals surface area contributed by atoms with Gasteiger partial charge in [0.1, 0.15) is 11.5 Å². The van der Waals surface area contributed by atoms with E-state index in [4.69, 9.17) is 22.1 Å². The topological polar surface area (TPSA) is 89.6 Å². The summed E-state index contributed by atoms with van der Waals surface area (Å²) in [6.07, 6.45) is 1.44. The number of aliphatic hydroxyl groups excluding tert-OH is 1. The highest BCUT2D eigenvalue weighted by Crippen LogP contribution is 2.40. The number of ether oxygens (including phenoxy) is 1. The number of allylic oxidation sites excluding steroid dienone is 1. The molecule has 1 atom stereocenters. The van der Waals surface area contributed by atoms with Crippen LogP contribution in [0.4, 0.5) is 0 Å². The van der Waals surface area contributed by atoms with Crippen LogP contribution >= 0.6 is 11.6 Å². The minimum atomic E-state index is -1.57. The summed E-state index contributed by atoms with van der Waals surface area (Å²) in [5.41, 5.74) is 5.20. The number of rotatable bonds is 2. The number of ketones is 2. The Bertz CT molecular complexity index is 1010. The van der Waals surface area contributed by atoms with Crippen molar-refractivity contribution in [3.05, 3.63) is 87.7 Å². The van der Waals surface area contributed by atoms with Crippen LogP contribution in [0, 0.1) is 0 Å². The maximum atomic E-state index is 13.1. The van der Waals surface area contributed by atoms with Gasteiger partial charge in [0.25, 0.3) is 0 Å². The monoisotopic (exact) mass is 367 g/mol. The van der Waals surface area contributed by atoms with Crippen LogP contribution in [-0.2, 0) is 0 Å². The molecule has 4 rings (SSSR count). The van der Waals surface area contributed by atoms with E-state index in [1.165, 1.54) is 6.08 Å². The van der Waals surface area contributed by atoms with Crippen molar-refractivity contribution in [1.29, 1.82) is 0 Å². The zero-order valence-electron chi connectivity index (χ0n) is 13.5. The summed E-state index contributed by atoms with van der Waals surface area (Å²) in [5, 5.41) is 10.8. The Morgan fingerprint density at radius 1 is 1.00 bits per heavy atom. The Balaban J connectivity index is 1.85. The summed E-state index contributed by atoms with van der Waals surface area (Å²) in [5.74, 6) is -0.726. The van der Waals surface area contributed by atoms with Crippen LogP contribution in [0.1, 0.15) is 27.1 Å². The number of carbonyl (C=O) groups is 2. The molecule has 0 bridgehead atoms. The van der Waals surface area contributed by atoms with Crippen molar-refractivity contribution in [2.75, 3.05) is 0 Å². The van der Waals surface area contributed by atoms with Crippen molar-refractivity contribution >= 4 is 23.2 Å². The molecule has 0 aliphatic heterocycles. The molecule has 0 spiro atoms. The van der Waals surface area contributed by atoms with Gasteiger partial charge in [-0.1, -0.05) is 35.9 Å². The van der Waals surface area contributed by atoms with Crippen molar-refractivity contribution in [3.63, 3.8) is 0 Å². The maximum absolute atomic E-state index is 13.1. The number of hydrogen-bond donors (Lipinski definition) is 2. The third-order valence-electron chi connectivity index (χ3n) is 4.51. The first kappa shape index (κ1) is 16.6. The number of Topliss-reactive ketones (excluding diaryl/α,β-unsaturated/α-hetero) is 2. The molecule has 0 fully saturated rings. The lowest BCUT2D eigenvalue weighted by Gasteiger charge is -2.37. The fourth-order valence-electron chi connectivity index (χ4n) is 3.28. The third-order valence-corrected chi connectivity index (χ3v) is 4.76. The lowest BCUT2D eigenvalue weighted by Crippen LogP contribution is -2.53. The summed E-state index contributed by atoms with van der Waals surface area (Å²) in [7, 11) is 0. The van der Waals surface area contributed by atoms with Gasteiger partial charge in [-0.2, -0.15) is 0 Å². The second kappa shape index (κ2) is 5.83. The first-order valence-electron chi connectivity index (χ1n) is 7.97. The van der Waals surface area contributed by atoms with Crippen LogP contribution in [0.25, 0.3) is 0 Å². The first-order valence-corrected chi connectivity index (χ1v) is 8.34. The molecule has 0 saturated carbocycles. The highest BCUT2D eigenvalue weighted by atomic mass is 35.5. The van der Waals surface area contributed by atoms with Gasteiger partial charge in [-0.15, -0.1) is 0 Å². The molecular weight excluding hydrogens is 354 g/mol. The number of halogens is 1. The predicted octanol–water partition coefficient (Wildman–Crippen LogP) is 3.60. The van der Waals surface area contributed by atoms with Crippen LogP contribution in [0.5, 0.6) is 5.75 Å². The average molecular weight is 368 g/mol. The molecule has 0 radical (unpaired) electrons. The molecule has 2 aromatic carbocycles. The van der Waals surface area contributed by atoms with Crippen LogP contribution in [0.15, 0.2) is 71.5 Å². The van der Waals surface area contributed by atoms with E-state index >= 15 is 0 Å². The van der Waals surface area contributed by atoms with E-state index < -0.39 is 17.3 Å². The molecule has 1 unspecified atom stereocenters. The van der Waals surface area contributed by atoms with Gasteiger partial charge in [0.15, 0.2) is 17.3 Å². The molecule has 2 aliphatic carbocycles. The van der Waals surface area contributed by atoms with E-state index in [-0.39, 0.29) is 34.5 Å². The molecular formula is C20H14ClNO4. The van der Waals surface area contributed by atoms with E-state index in [1.54, 1.807) is 48.5 Å². The van der Waals surface area contributed by atoms with E-state index in [1.807, 2.05) is 0 Å². The molecule has 130 valence electrons. The van der Waals surface area contributed by atoms with Crippen LogP contribution < -0.4 is 10.5 Å². The third kappa shape index (κ3) is 2.44. The number of nitrogens with two attached hydrogens (primary N) is 1. The van der Waals surface area contributed by atoms with Crippen molar-refractivity contribution in [2.45, 2.75) is 12.1 Å². The second-order valence-electron chi connectivity index (χ2n) is 6.19. The Morgan fingerprint density at radius 2 is 1.62 bits per heavy atom. The summed E-state index contributed by atoms with van der Waals surface area (Å²) >= 11 is 5.88. The summed E-state index contributed by atoms with van der Waals surface area (Å²) in [4.78, 5) is 25.9. The minimum Gasteiger partial charge on any atom is -0.508 e. The van der Waals surface area contributed by atoms with Gasteiger partial charge >= 0.3 is 0 Å². The van der Waals surface area contributed by atoms with E-state index in [2.05, 4.69) is 0 Å². The van der Waals surface area contributed by atoms with E-state index in [9.17, 15) is 14.7 Å². The molecule has 26 heavy (non-hydrogen) atoms. The zero-order chi connectivity index (χ0) is 18.5. The normalized spacial score (nSPS) is 21.8. The molecule has 0 saturated heterocycles. The van der Waals surface area contributed by atoms with Crippen molar-refractivity contribution in [3.8, 4) is 5.75 Å². The molecule has 5 nitrogen and oxygen atoms in total. The smallest absolute Gasteiger partial charge is 0.198 e. The van der Waals surface area contributed by atoms with E-state index in [0.717, 1.165) is 0 Å². The average Bonchev–Trinajstić information content (AvgIpc) is 2.64. The fourth-order valence-corrected chi connectivity index (χ4v) is 3.41. The highest BCUT2D eigenvalue weighted by Gasteiger charge is 2.47. The molecule has 0 amide bonds. The molecule has 6 heteroatoms. The Morgan fingerprint density at radius 3 is 2.27 bits per heavy atom. The highest BCUT2D eigenvalue weighted by molar-refractivity contribution is 6.30. The van der Waals surface area contributed by atoms with Gasteiger partial charge in [0.05, 0.1) is 11.1 Å². The van der Waals surface area contributed by atoms with Gasteiger partial charge in [0, 0.05) is 22.6 Å². The van der Waals surface area contributed by atoms with Gasteiger partial charge in [-0.25, -0.2) is 0 Å². The van der Waals surface area contributed by atoms with Gasteiger partial charge in [-0.05, 0) is 30.3 Å². The van der Waals surface area contributed by atoms with Crippen molar-refractivity contribution in [1.82, 2.24) is 0 Å². The molecule has 3 N–H and O–H groups in total. The van der Waals surface area contributed by atoms with Gasteiger partial charge in [0.2, 0.25) is 0 Å². The molecule has 2 aromatic rings. The molecule has 2 aliphatic rings. The zero-order valence-corrected chi connectivity index (χ0v) is 14.3. The fraction of sp³-hybridized carbons (Fsp3) is 0.100. The standard InChI is InChI=1S/C20H14ClNO4/c21-11-5-7-12(8-6-11)26-20(22)10-9-15(23)16-17(20)19(25)14-4-2-1-3-13(14)18(16)24/h1-9,23H,10,22H2. The Kier molecular flexibility index (Phi) is 3.72. The first-order chi connectivity index (χ1) is 12.4. The SMILES string of the molecule is NC1(Oc2ccc(Cl)cc2)CC=C(O)C2=C1C(=O)c1ccccc1C2=O. The quantitative estimate of drug-likeness (QED) is 0.791. The van der Waals surface area contributed by atoms with Crippen molar-refractivity contribution < 1.29 is 19.4 Å². The predicted molar refractivity (Wildman–Crippen MR) is 96.5 cm³/mol. The summed E-state index contributed by atoms with van der Waals surface area (Å²) in [6.45, 7) is 0. The summed E-state index contributed by atoms with van der Waals surface area (Å²) in [6, 6.07) is 13.0. The Hall–Kier alpha value is -2.89. The maximum Gasteiger partial charge on any atom is 0.198 e. The number of hydrogen-bond acceptors (Lipinski definition) is 5. The van der Waals surface area contributed by atoms with Crippen molar-refractivity contribution in [2.24, 2.45) is 5.73 Å². The number of carbonyl (C=O) groups excluding carboxylic acids is 2. The van der Waals surface area contributed by atoms with E-state index in [0.29, 0.717) is 10.8 Å². The Labute approximate surface area is 154 Å². The summed E-state index contributed by atoms with van der Waals surface area (Å²) < 4.78 is 5.88.